The molecule has 7 heteroatoms. The van der Waals surface area contributed by atoms with Crippen molar-refractivity contribution in [3.8, 4) is 0 Å². The fourth-order valence-electron chi connectivity index (χ4n) is 1.49. The van der Waals surface area contributed by atoms with Gasteiger partial charge in [-0.15, -0.1) is 0 Å². The highest BCUT2D eigenvalue weighted by Gasteiger charge is 2.18. The van der Waals surface area contributed by atoms with Crippen LogP contribution in [0.2, 0.25) is 0 Å². The van der Waals surface area contributed by atoms with Gasteiger partial charge in [-0.25, -0.2) is 13.6 Å². The van der Waals surface area contributed by atoms with Crippen LogP contribution in [-0.4, -0.2) is 24.0 Å². The fraction of sp³-hybridized carbons (Fsp3) is 0.429. The summed E-state index contributed by atoms with van der Waals surface area (Å²) in [6, 6.07) is 1.85. The van der Waals surface area contributed by atoms with Crippen LogP contribution in [0.3, 0.4) is 0 Å². The second kappa shape index (κ2) is 7.56. The van der Waals surface area contributed by atoms with Gasteiger partial charge in [-0.05, 0) is 32.4 Å². The minimum atomic E-state index is -1.15. The maximum Gasteiger partial charge on any atom is 0.319 e. The smallest absolute Gasteiger partial charge is 0.319 e. The molecule has 0 saturated carbocycles. The number of hydrogen-bond donors (Lipinski definition) is 3. The zero-order valence-electron chi connectivity index (χ0n) is 12.2. The molecule has 0 fully saturated rings. The molecule has 1 aromatic rings. The molecule has 3 N–H and O–H groups in total. The van der Waals surface area contributed by atoms with Gasteiger partial charge in [-0.2, -0.15) is 0 Å². The molecule has 2 unspecified atom stereocenters. The Hall–Kier alpha value is -2.18. The van der Waals surface area contributed by atoms with Gasteiger partial charge < -0.3 is 16.0 Å². The lowest BCUT2D eigenvalue weighted by atomic mass is 10.2. The SMILES string of the molecule is CCC(C)NC(=O)C(C)NC(=O)Nc1cccc(F)c1F. The first-order chi connectivity index (χ1) is 9.85. The molecule has 21 heavy (non-hydrogen) atoms. The van der Waals surface area contributed by atoms with Crippen LogP contribution in [-0.2, 0) is 4.79 Å². The summed E-state index contributed by atoms with van der Waals surface area (Å²) >= 11 is 0. The number of rotatable bonds is 5. The van der Waals surface area contributed by atoms with Gasteiger partial charge >= 0.3 is 6.03 Å². The van der Waals surface area contributed by atoms with Crippen molar-refractivity contribution in [3.63, 3.8) is 0 Å². The van der Waals surface area contributed by atoms with Gasteiger partial charge in [0.15, 0.2) is 11.6 Å². The quantitative estimate of drug-likeness (QED) is 0.781. The minimum absolute atomic E-state index is 0.00882. The summed E-state index contributed by atoms with van der Waals surface area (Å²) in [7, 11) is 0. The number of carbonyl (C=O) groups is 2. The summed E-state index contributed by atoms with van der Waals surface area (Å²) < 4.78 is 26.4. The normalized spacial score (nSPS) is 13.2. The van der Waals surface area contributed by atoms with Crippen LogP contribution in [0.15, 0.2) is 18.2 Å². The molecular weight excluding hydrogens is 280 g/mol. The number of benzene rings is 1. The molecule has 116 valence electrons. The van der Waals surface area contributed by atoms with Crippen LogP contribution < -0.4 is 16.0 Å². The number of nitrogens with one attached hydrogen (secondary N) is 3. The zero-order chi connectivity index (χ0) is 16.0. The van der Waals surface area contributed by atoms with E-state index in [2.05, 4.69) is 16.0 Å². The van der Waals surface area contributed by atoms with Crippen molar-refractivity contribution >= 4 is 17.6 Å². The Bertz CT molecular complexity index is 523. The van der Waals surface area contributed by atoms with Crippen LogP contribution in [0.5, 0.6) is 0 Å². The van der Waals surface area contributed by atoms with Gasteiger partial charge in [-0.1, -0.05) is 13.0 Å². The molecular formula is C14H19F2N3O2. The Balaban J connectivity index is 2.57. The van der Waals surface area contributed by atoms with Gasteiger partial charge in [0, 0.05) is 6.04 Å². The lowest BCUT2D eigenvalue weighted by Gasteiger charge is -2.17. The van der Waals surface area contributed by atoms with E-state index in [0.29, 0.717) is 0 Å². The number of anilines is 1. The van der Waals surface area contributed by atoms with Crippen molar-refractivity contribution in [2.45, 2.75) is 39.3 Å². The lowest BCUT2D eigenvalue weighted by Crippen LogP contribution is -2.48. The Morgan fingerprint density at radius 1 is 1.19 bits per heavy atom. The number of hydrogen-bond acceptors (Lipinski definition) is 2. The van der Waals surface area contributed by atoms with Gasteiger partial charge in [0.05, 0.1) is 5.69 Å². The summed E-state index contributed by atoms with van der Waals surface area (Å²) in [6.45, 7) is 5.26. The number of carbonyl (C=O) groups excluding carboxylic acids is 2. The van der Waals surface area contributed by atoms with E-state index in [1.165, 1.54) is 19.1 Å². The molecule has 0 aromatic heterocycles. The summed E-state index contributed by atoms with van der Waals surface area (Å²) in [4.78, 5) is 23.4. The van der Waals surface area contributed by atoms with Gasteiger partial charge in [0.25, 0.3) is 0 Å². The molecule has 1 rings (SSSR count). The van der Waals surface area contributed by atoms with Crippen molar-refractivity contribution in [1.82, 2.24) is 10.6 Å². The molecule has 0 aliphatic heterocycles. The predicted octanol–water partition coefficient (Wildman–Crippen LogP) is 2.39. The van der Waals surface area contributed by atoms with Crippen molar-refractivity contribution in [2.24, 2.45) is 0 Å². The zero-order valence-corrected chi connectivity index (χ0v) is 12.2. The molecule has 0 saturated heterocycles. The molecule has 0 aliphatic carbocycles. The predicted molar refractivity (Wildman–Crippen MR) is 75.9 cm³/mol. The molecule has 0 spiro atoms. The average molecular weight is 299 g/mol. The van der Waals surface area contributed by atoms with Crippen molar-refractivity contribution < 1.29 is 18.4 Å². The van der Waals surface area contributed by atoms with Crippen molar-refractivity contribution in [3.05, 3.63) is 29.8 Å². The van der Waals surface area contributed by atoms with Crippen LogP contribution in [0.25, 0.3) is 0 Å². The number of urea groups is 1. The maximum atomic E-state index is 13.4. The first-order valence-electron chi connectivity index (χ1n) is 6.67. The largest absolute Gasteiger partial charge is 0.352 e. The Labute approximate surface area is 122 Å². The van der Waals surface area contributed by atoms with Crippen molar-refractivity contribution in [2.75, 3.05) is 5.32 Å². The monoisotopic (exact) mass is 299 g/mol. The van der Waals surface area contributed by atoms with Gasteiger partial charge in [0.1, 0.15) is 6.04 Å². The fourth-order valence-corrected chi connectivity index (χ4v) is 1.49. The molecule has 0 aliphatic rings. The second-order valence-electron chi connectivity index (χ2n) is 4.74. The Morgan fingerprint density at radius 3 is 2.48 bits per heavy atom. The van der Waals surface area contributed by atoms with E-state index in [-0.39, 0.29) is 17.6 Å². The van der Waals surface area contributed by atoms with E-state index in [0.717, 1.165) is 12.5 Å². The van der Waals surface area contributed by atoms with Crippen molar-refractivity contribution in [1.29, 1.82) is 0 Å². The highest BCUT2D eigenvalue weighted by atomic mass is 19.2. The summed E-state index contributed by atoms with van der Waals surface area (Å²) in [5.74, 6) is -2.56. The molecule has 5 nitrogen and oxygen atoms in total. The first-order valence-corrected chi connectivity index (χ1v) is 6.67. The summed E-state index contributed by atoms with van der Waals surface area (Å²) in [5, 5.41) is 7.22. The minimum Gasteiger partial charge on any atom is -0.352 e. The molecule has 2 atom stereocenters. The lowest BCUT2D eigenvalue weighted by molar-refractivity contribution is -0.123. The topological polar surface area (TPSA) is 70.2 Å². The average Bonchev–Trinajstić information content (AvgIpc) is 2.43. The third-order valence-electron chi connectivity index (χ3n) is 2.94. The molecule has 0 heterocycles. The Morgan fingerprint density at radius 2 is 1.86 bits per heavy atom. The first kappa shape index (κ1) is 16.9. The van der Waals surface area contributed by atoms with E-state index in [1.54, 1.807) is 0 Å². The highest BCUT2D eigenvalue weighted by Crippen LogP contribution is 2.16. The third-order valence-corrected chi connectivity index (χ3v) is 2.94. The van der Waals surface area contributed by atoms with Crippen LogP contribution >= 0.6 is 0 Å². The third kappa shape index (κ3) is 5.02. The maximum absolute atomic E-state index is 13.4. The van der Waals surface area contributed by atoms with E-state index >= 15 is 0 Å². The van der Waals surface area contributed by atoms with Crippen LogP contribution in [0.4, 0.5) is 19.3 Å². The molecule has 1 aromatic carbocycles. The van der Waals surface area contributed by atoms with E-state index in [9.17, 15) is 18.4 Å². The molecule has 0 bridgehead atoms. The van der Waals surface area contributed by atoms with E-state index < -0.39 is 23.7 Å². The number of halogens is 2. The second-order valence-corrected chi connectivity index (χ2v) is 4.74. The molecule has 0 radical (unpaired) electrons. The van der Waals surface area contributed by atoms with Gasteiger partial charge in [-0.3, -0.25) is 4.79 Å². The van der Waals surface area contributed by atoms with E-state index in [1.807, 2.05) is 13.8 Å². The standard InChI is InChI=1S/C14H19F2N3O2/c1-4-8(2)17-13(20)9(3)18-14(21)19-11-7-5-6-10(15)12(11)16/h5-9H,4H2,1-3H3,(H,17,20)(H2,18,19,21). The van der Waals surface area contributed by atoms with Crippen LogP contribution in [0.1, 0.15) is 27.2 Å². The number of amides is 3. The van der Waals surface area contributed by atoms with Gasteiger partial charge in [0.2, 0.25) is 5.91 Å². The van der Waals surface area contributed by atoms with E-state index in [4.69, 9.17) is 0 Å². The highest BCUT2D eigenvalue weighted by molar-refractivity contribution is 5.93. The Kier molecular flexibility index (Phi) is 6.08. The summed E-state index contributed by atoms with van der Waals surface area (Å²) in [6.07, 6.45) is 0.763. The van der Waals surface area contributed by atoms with Crippen LogP contribution in [0, 0.1) is 11.6 Å². The summed E-state index contributed by atoms with van der Waals surface area (Å²) in [5.41, 5.74) is -0.290. The molecule has 3 amide bonds.